The molecule has 0 saturated carbocycles. The molecule has 1 atom stereocenters. The molecule has 0 aromatic carbocycles. The first-order valence-corrected chi connectivity index (χ1v) is 8.17. The lowest BCUT2D eigenvalue weighted by molar-refractivity contribution is 0.0871. The summed E-state index contributed by atoms with van der Waals surface area (Å²) in [7, 11) is 3.67. The summed E-state index contributed by atoms with van der Waals surface area (Å²) in [6, 6.07) is 6.26. The predicted octanol–water partition coefficient (Wildman–Crippen LogP) is 2.05. The molecule has 5 nitrogen and oxygen atoms in total. The largest absolute Gasteiger partial charge is 0.331 e. The van der Waals surface area contributed by atoms with Gasteiger partial charge in [0.2, 0.25) is 0 Å². The van der Waals surface area contributed by atoms with Gasteiger partial charge in [0.25, 0.3) is 0 Å². The topological polar surface area (TPSA) is 39.7 Å². The van der Waals surface area contributed by atoms with Gasteiger partial charge in [-0.2, -0.15) is 0 Å². The maximum Gasteiger partial charge on any atom is 0.319 e. The van der Waals surface area contributed by atoms with E-state index < -0.39 is 0 Å². The molecule has 0 radical (unpaired) electrons. The van der Waals surface area contributed by atoms with Crippen LogP contribution in [0.4, 0.5) is 4.79 Å². The van der Waals surface area contributed by atoms with E-state index in [0.717, 1.165) is 44.8 Å². The fourth-order valence-corrected chi connectivity index (χ4v) is 3.88. The summed E-state index contributed by atoms with van der Waals surface area (Å²) in [6.07, 6.45) is 5.45. The summed E-state index contributed by atoms with van der Waals surface area (Å²) in [6.45, 7) is 4.95. The summed E-state index contributed by atoms with van der Waals surface area (Å²) in [5, 5.41) is 0. The number of urea groups is 1. The van der Waals surface area contributed by atoms with E-state index in [1.165, 1.54) is 12.8 Å². The Labute approximate surface area is 132 Å². The van der Waals surface area contributed by atoms with Crippen LogP contribution in [0.15, 0.2) is 24.4 Å². The highest BCUT2D eigenvalue weighted by Crippen LogP contribution is 2.39. The summed E-state index contributed by atoms with van der Waals surface area (Å²) in [5.74, 6) is 0. The van der Waals surface area contributed by atoms with Crippen LogP contribution in [0, 0.1) is 5.41 Å². The number of nitrogens with zero attached hydrogens (tertiary/aromatic N) is 4. The van der Waals surface area contributed by atoms with Crippen molar-refractivity contribution in [2.45, 2.75) is 25.8 Å². The van der Waals surface area contributed by atoms with E-state index in [-0.39, 0.29) is 6.03 Å². The molecule has 1 aromatic heterocycles. The Morgan fingerprint density at radius 3 is 2.86 bits per heavy atom. The minimum Gasteiger partial charge on any atom is -0.331 e. The molecule has 0 N–H and O–H groups in total. The van der Waals surface area contributed by atoms with Crippen LogP contribution in [0.3, 0.4) is 0 Å². The van der Waals surface area contributed by atoms with Crippen LogP contribution in [0.5, 0.6) is 0 Å². The van der Waals surface area contributed by atoms with Gasteiger partial charge in [-0.15, -0.1) is 0 Å². The van der Waals surface area contributed by atoms with Crippen LogP contribution < -0.4 is 0 Å². The van der Waals surface area contributed by atoms with Crippen LogP contribution in [0.1, 0.15) is 25.0 Å². The van der Waals surface area contributed by atoms with Crippen molar-refractivity contribution in [2.24, 2.45) is 5.41 Å². The second kappa shape index (κ2) is 6.24. The zero-order valence-corrected chi connectivity index (χ0v) is 13.7. The van der Waals surface area contributed by atoms with E-state index in [9.17, 15) is 4.79 Å². The highest BCUT2D eigenvalue weighted by Gasteiger charge is 2.43. The number of carbonyl (C=O) groups is 1. The molecule has 2 fully saturated rings. The Hall–Kier alpha value is -1.62. The zero-order chi connectivity index (χ0) is 15.6. The third-order valence-corrected chi connectivity index (χ3v) is 4.94. The van der Waals surface area contributed by atoms with E-state index in [4.69, 9.17) is 0 Å². The lowest BCUT2D eigenvalue weighted by atomic mass is 9.79. The predicted molar refractivity (Wildman–Crippen MR) is 86.5 cm³/mol. The summed E-state index contributed by atoms with van der Waals surface area (Å²) >= 11 is 0. The van der Waals surface area contributed by atoms with E-state index in [1.807, 2.05) is 31.3 Å². The Kier molecular flexibility index (Phi) is 4.34. The second-order valence-corrected chi connectivity index (χ2v) is 6.98. The second-order valence-electron chi connectivity index (χ2n) is 6.98. The van der Waals surface area contributed by atoms with Crippen molar-refractivity contribution < 1.29 is 4.79 Å². The maximum atomic E-state index is 12.2. The van der Waals surface area contributed by atoms with E-state index in [1.54, 1.807) is 4.90 Å². The summed E-state index contributed by atoms with van der Waals surface area (Å²) in [4.78, 5) is 22.8. The van der Waals surface area contributed by atoms with Gasteiger partial charge in [0, 0.05) is 51.9 Å². The molecule has 120 valence electrons. The van der Waals surface area contributed by atoms with Gasteiger partial charge in [0.1, 0.15) is 0 Å². The number of piperidine rings is 1. The third kappa shape index (κ3) is 3.24. The van der Waals surface area contributed by atoms with E-state index in [2.05, 4.69) is 22.0 Å². The minimum absolute atomic E-state index is 0.152. The number of aromatic nitrogens is 1. The number of rotatable bonds is 2. The molecule has 22 heavy (non-hydrogen) atoms. The van der Waals surface area contributed by atoms with Crippen LogP contribution in [0.25, 0.3) is 0 Å². The molecule has 3 heterocycles. The molecular formula is C17H26N4O. The highest BCUT2D eigenvalue weighted by molar-refractivity contribution is 5.74. The van der Waals surface area contributed by atoms with Gasteiger partial charge in [-0.1, -0.05) is 6.07 Å². The Morgan fingerprint density at radius 2 is 2.14 bits per heavy atom. The van der Waals surface area contributed by atoms with Crippen molar-refractivity contribution in [3.8, 4) is 0 Å². The molecule has 2 aliphatic heterocycles. The molecule has 0 unspecified atom stereocenters. The first kappa shape index (κ1) is 15.3. The van der Waals surface area contributed by atoms with Crippen molar-refractivity contribution >= 4 is 6.03 Å². The van der Waals surface area contributed by atoms with Crippen LogP contribution in [-0.4, -0.2) is 66.0 Å². The third-order valence-electron chi connectivity index (χ3n) is 4.94. The molecule has 5 heteroatoms. The molecule has 2 saturated heterocycles. The van der Waals surface area contributed by atoms with Crippen molar-refractivity contribution in [2.75, 3.05) is 40.3 Å². The zero-order valence-electron chi connectivity index (χ0n) is 13.7. The van der Waals surface area contributed by atoms with Gasteiger partial charge < -0.3 is 9.80 Å². The quantitative estimate of drug-likeness (QED) is 0.839. The number of pyridine rings is 1. The van der Waals surface area contributed by atoms with Crippen molar-refractivity contribution in [3.05, 3.63) is 30.1 Å². The normalized spacial score (nSPS) is 25.6. The van der Waals surface area contributed by atoms with Crippen LogP contribution in [0.2, 0.25) is 0 Å². The summed E-state index contributed by atoms with van der Waals surface area (Å²) in [5.41, 5.74) is 1.43. The van der Waals surface area contributed by atoms with Crippen molar-refractivity contribution in [1.29, 1.82) is 0 Å². The highest BCUT2D eigenvalue weighted by atomic mass is 16.2. The number of hydrogen-bond acceptors (Lipinski definition) is 3. The molecular weight excluding hydrogens is 276 g/mol. The van der Waals surface area contributed by atoms with E-state index in [0.29, 0.717) is 5.41 Å². The average molecular weight is 302 g/mol. The molecule has 2 aliphatic rings. The van der Waals surface area contributed by atoms with Crippen LogP contribution in [-0.2, 0) is 6.54 Å². The Balaban J connectivity index is 1.62. The van der Waals surface area contributed by atoms with Gasteiger partial charge in [0.05, 0.1) is 5.69 Å². The molecule has 3 rings (SSSR count). The molecule has 0 bridgehead atoms. The van der Waals surface area contributed by atoms with Crippen LogP contribution >= 0.6 is 0 Å². The lowest BCUT2D eigenvalue weighted by Gasteiger charge is -2.40. The van der Waals surface area contributed by atoms with Gasteiger partial charge in [0.15, 0.2) is 0 Å². The van der Waals surface area contributed by atoms with Crippen molar-refractivity contribution in [3.63, 3.8) is 0 Å². The maximum absolute atomic E-state index is 12.2. The van der Waals surface area contributed by atoms with Gasteiger partial charge in [-0.3, -0.25) is 9.88 Å². The monoisotopic (exact) mass is 302 g/mol. The number of amides is 2. The first-order chi connectivity index (χ1) is 10.6. The average Bonchev–Trinajstić information content (AvgIpc) is 2.91. The minimum atomic E-state index is 0.152. The lowest BCUT2D eigenvalue weighted by Crippen LogP contribution is -2.46. The fraction of sp³-hybridized carbons (Fsp3) is 0.647. The SMILES string of the molecule is CN(C)C(=O)N1CC[C@@]2(CCCN(Cc3ccccn3)C2)C1. The van der Waals surface area contributed by atoms with Crippen molar-refractivity contribution in [1.82, 2.24) is 19.7 Å². The smallest absolute Gasteiger partial charge is 0.319 e. The fourth-order valence-electron chi connectivity index (χ4n) is 3.88. The van der Waals surface area contributed by atoms with Gasteiger partial charge >= 0.3 is 6.03 Å². The van der Waals surface area contributed by atoms with Gasteiger partial charge in [-0.25, -0.2) is 4.79 Å². The standard InChI is InChI=1S/C17H26N4O/c1-19(2)16(22)21-11-8-17(14-21)7-5-10-20(13-17)12-15-6-3-4-9-18-15/h3-4,6,9H,5,7-8,10-14H2,1-2H3/t17-/m1/s1. The molecule has 0 aliphatic carbocycles. The van der Waals surface area contributed by atoms with E-state index >= 15 is 0 Å². The number of hydrogen-bond donors (Lipinski definition) is 0. The summed E-state index contributed by atoms with van der Waals surface area (Å²) < 4.78 is 0. The first-order valence-electron chi connectivity index (χ1n) is 8.17. The molecule has 1 aromatic rings. The molecule has 1 spiro atoms. The number of carbonyl (C=O) groups excluding carboxylic acids is 1. The number of likely N-dealkylation sites (tertiary alicyclic amines) is 2. The molecule has 2 amide bonds. The Morgan fingerprint density at radius 1 is 1.27 bits per heavy atom. The Bertz CT molecular complexity index is 519. The van der Waals surface area contributed by atoms with Gasteiger partial charge in [-0.05, 0) is 37.9 Å².